The van der Waals surface area contributed by atoms with Crippen molar-refractivity contribution in [2.75, 3.05) is 19.8 Å². The van der Waals surface area contributed by atoms with Crippen molar-refractivity contribution >= 4 is 0 Å². The van der Waals surface area contributed by atoms with Crippen molar-refractivity contribution in [1.29, 1.82) is 0 Å². The van der Waals surface area contributed by atoms with Crippen molar-refractivity contribution in [3.8, 4) is 0 Å². The van der Waals surface area contributed by atoms with Crippen LogP contribution in [0.5, 0.6) is 0 Å². The van der Waals surface area contributed by atoms with E-state index in [-0.39, 0.29) is 11.6 Å². The number of benzene rings is 1. The topological polar surface area (TPSA) is 21.3 Å². The molecule has 1 aliphatic heterocycles. The van der Waals surface area contributed by atoms with Gasteiger partial charge in [0, 0.05) is 12.1 Å². The highest BCUT2D eigenvalue weighted by Crippen LogP contribution is 2.22. The molecule has 1 aromatic carbocycles. The van der Waals surface area contributed by atoms with Crippen LogP contribution in [0.15, 0.2) is 18.2 Å². The normalized spacial score (nSPS) is 22.3. The van der Waals surface area contributed by atoms with Gasteiger partial charge in [0.25, 0.3) is 0 Å². The maximum absolute atomic E-state index is 13.3. The number of nitrogens with one attached hydrogen (secondary N) is 1. The molecule has 0 unspecified atom stereocenters. The zero-order valence-electron chi connectivity index (χ0n) is 7.59. The number of hydrogen-bond donors (Lipinski definition) is 1. The predicted molar refractivity (Wildman–Crippen MR) is 47.9 cm³/mol. The molecule has 1 aromatic rings. The molecule has 0 spiro atoms. The van der Waals surface area contributed by atoms with Gasteiger partial charge in [-0.3, -0.25) is 0 Å². The Morgan fingerprint density at radius 1 is 1.29 bits per heavy atom. The first-order chi connectivity index (χ1) is 6.79. The van der Waals surface area contributed by atoms with Crippen molar-refractivity contribution in [2.45, 2.75) is 6.04 Å². The van der Waals surface area contributed by atoms with Gasteiger partial charge in [-0.1, -0.05) is 6.07 Å². The van der Waals surface area contributed by atoms with Crippen LogP contribution in [0.3, 0.4) is 0 Å². The fourth-order valence-electron chi connectivity index (χ4n) is 1.59. The maximum atomic E-state index is 13.3. The van der Waals surface area contributed by atoms with E-state index in [2.05, 4.69) is 5.32 Å². The monoisotopic (exact) mass is 199 g/mol. The number of rotatable bonds is 1. The first-order valence-corrected chi connectivity index (χ1v) is 4.54. The van der Waals surface area contributed by atoms with E-state index in [1.165, 1.54) is 18.2 Å². The fourth-order valence-corrected chi connectivity index (χ4v) is 1.59. The third kappa shape index (κ3) is 1.76. The Bertz CT molecular complexity index is 304. The minimum absolute atomic E-state index is 0.0761. The van der Waals surface area contributed by atoms with Crippen LogP contribution in [0, 0.1) is 11.6 Å². The molecule has 0 aromatic heterocycles. The van der Waals surface area contributed by atoms with Crippen molar-refractivity contribution in [1.82, 2.24) is 5.32 Å². The number of halogens is 2. The molecule has 1 saturated heterocycles. The lowest BCUT2D eigenvalue weighted by Crippen LogP contribution is -2.35. The molecule has 14 heavy (non-hydrogen) atoms. The lowest BCUT2D eigenvalue weighted by Gasteiger charge is -2.24. The highest BCUT2D eigenvalue weighted by Gasteiger charge is 2.21. The van der Waals surface area contributed by atoms with Gasteiger partial charge in [0.1, 0.15) is 11.6 Å². The van der Waals surface area contributed by atoms with Crippen LogP contribution >= 0.6 is 0 Å². The molecule has 2 rings (SSSR count). The van der Waals surface area contributed by atoms with Crippen LogP contribution in [0.2, 0.25) is 0 Å². The first-order valence-electron chi connectivity index (χ1n) is 4.54. The van der Waals surface area contributed by atoms with Crippen LogP contribution in [-0.2, 0) is 4.74 Å². The Labute approximate surface area is 80.9 Å². The van der Waals surface area contributed by atoms with Gasteiger partial charge in [-0.2, -0.15) is 0 Å². The summed E-state index contributed by atoms with van der Waals surface area (Å²) in [6.45, 7) is 1.53. The van der Waals surface area contributed by atoms with E-state index in [1.807, 2.05) is 0 Å². The average molecular weight is 199 g/mol. The average Bonchev–Trinajstić information content (AvgIpc) is 2.19. The molecule has 1 aliphatic rings. The van der Waals surface area contributed by atoms with E-state index in [9.17, 15) is 8.78 Å². The molecule has 76 valence electrons. The van der Waals surface area contributed by atoms with E-state index >= 15 is 0 Å². The van der Waals surface area contributed by atoms with Crippen molar-refractivity contribution < 1.29 is 13.5 Å². The van der Waals surface area contributed by atoms with Gasteiger partial charge in [0.15, 0.2) is 0 Å². The first kappa shape index (κ1) is 9.55. The standard InChI is InChI=1S/C10H11F2NO/c11-7-2-1-3-8(12)10(7)9-6-14-5-4-13-9/h1-3,9,13H,4-6H2/t9-/m0/s1. The predicted octanol–water partition coefficient (Wildman–Crippen LogP) is 1.63. The lowest BCUT2D eigenvalue weighted by atomic mass is 10.1. The van der Waals surface area contributed by atoms with E-state index < -0.39 is 11.6 Å². The van der Waals surface area contributed by atoms with Crippen LogP contribution in [0.25, 0.3) is 0 Å². The molecule has 2 nitrogen and oxygen atoms in total. The highest BCUT2D eigenvalue weighted by molar-refractivity contribution is 5.23. The summed E-state index contributed by atoms with van der Waals surface area (Å²) < 4.78 is 31.7. The molecule has 1 heterocycles. The largest absolute Gasteiger partial charge is 0.378 e. The highest BCUT2D eigenvalue weighted by atomic mass is 19.1. The quantitative estimate of drug-likeness (QED) is 0.742. The summed E-state index contributed by atoms with van der Waals surface area (Å²) in [5, 5.41) is 3.01. The van der Waals surface area contributed by atoms with Gasteiger partial charge in [-0.05, 0) is 12.1 Å². The fraction of sp³-hybridized carbons (Fsp3) is 0.400. The second-order valence-corrected chi connectivity index (χ2v) is 3.22. The molecule has 4 heteroatoms. The van der Waals surface area contributed by atoms with Gasteiger partial charge in [0.2, 0.25) is 0 Å². The van der Waals surface area contributed by atoms with E-state index in [1.54, 1.807) is 0 Å². The minimum atomic E-state index is -0.520. The SMILES string of the molecule is Fc1cccc(F)c1[C@@H]1COCCN1. The summed E-state index contributed by atoms with van der Waals surface area (Å²) in [5.74, 6) is -1.04. The van der Waals surface area contributed by atoms with Crippen molar-refractivity contribution in [2.24, 2.45) is 0 Å². The molecular formula is C10H11F2NO. The van der Waals surface area contributed by atoms with E-state index in [0.717, 1.165) is 0 Å². The van der Waals surface area contributed by atoms with Crippen molar-refractivity contribution in [3.05, 3.63) is 35.4 Å². The van der Waals surface area contributed by atoms with Crippen molar-refractivity contribution in [3.63, 3.8) is 0 Å². The summed E-state index contributed by atoms with van der Waals surface area (Å²) in [6, 6.07) is 3.51. The van der Waals surface area contributed by atoms with Crippen LogP contribution in [0.4, 0.5) is 8.78 Å². The zero-order valence-corrected chi connectivity index (χ0v) is 7.59. The molecular weight excluding hydrogens is 188 g/mol. The molecule has 0 radical (unpaired) electrons. The van der Waals surface area contributed by atoms with E-state index in [0.29, 0.717) is 19.8 Å². The van der Waals surface area contributed by atoms with Gasteiger partial charge >= 0.3 is 0 Å². The Hall–Kier alpha value is -1.00. The number of ether oxygens (including phenoxy) is 1. The third-order valence-corrected chi connectivity index (χ3v) is 2.27. The summed E-state index contributed by atoms with van der Waals surface area (Å²) in [4.78, 5) is 0. The molecule has 1 fully saturated rings. The van der Waals surface area contributed by atoms with E-state index in [4.69, 9.17) is 4.74 Å². The van der Waals surface area contributed by atoms with Crippen LogP contribution < -0.4 is 5.32 Å². The molecule has 0 amide bonds. The van der Waals surface area contributed by atoms with Gasteiger partial charge < -0.3 is 10.1 Å². The maximum Gasteiger partial charge on any atom is 0.131 e. The molecule has 1 atom stereocenters. The zero-order chi connectivity index (χ0) is 9.97. The summed E-state index contributed by atoms with van der Waals surface area (Å²) in [6.07, 6.45) is 0. The third-order valence-electron chi connectivity index (χ3n) is 2.27. The van der Waals surface area contributed by atoms with Crippen LogP contribution in [0.1, 0.15) is 11.6 Å². The minimum Gasteiger partial charge on any atom is -0.378 e. The second kappa shape index (κ2) is 4.02. The van der Waals surface area contributed by atoms with Gasteiger partial charge in [-0.25, -0.2) is 8.78 Å². The smallest absolute Gasteiger partial charge is 0.131 e. The van der Waals surface area contributed by atoms with Gasteiger partial charge in [-0.15, -0.1) is 0 Å². The summed E-state index contributed by atoms with van der Waals surface area (Å²) in [7, 11) is 0. The Kier molecular flexibility index (Phi) is 2.74. The van der Waals surface area contributed by atoms with Gasteiger partial charge in [0.05, 0.1) is 19.3 Å². The molecule has 0 saturated carbocycles. The molecule has 0 aliphatic carbocycles. The molecule has 0 bridgehead atoms. The Morgan fingerprint density at radius 2 is 2.00 bits per heavy atom. The molecule has 1 N–H and O–H groups in total. The lowest BCUT2D eigenvalue weighted by molar-refractivity contribution is 0.0745. The number of hydrogen-bond acceptors (Lipinski definition) is 2. The number of morpholine rings is 1. The van der Waals surface area contributed by atoms with Crippen LogP contribution in [-0.4, -0.2) is 19.8 Å². The summed E-state index contributed by atoms with van der Waals surface area (Å²) in [5.41, 5.74) is 0.0761. The second-order valence-electron chi connectivity index (χ2n) is 3.22. The summed E-state index contributed by atoms with van der Waals surface area (Å²) >= 11 is 0. The Balaban J connectivity index is 2.29. The Morgan fingerprint density at radius 3 is 2.57 bits per heavy atom.